The molecule has 0 saturated heterocycles. The molecule has 0 unspecified atom stereocenters. The predicted octanol–water partition coefficient (Wildman–Crippen LogP) is 1.83. The van der Waals surface area contributed by atoms with E-state index in [-0.39, 0.29) is 5.91 Å². The number of ether oxygens (including phenoxy) is 3. The minimum Gasteiger partial charge on any atom is -0.490 e. The lowest BCUT2D eigenvalue weighted by Gasteiger charge is -2.17. The topological polar surface area (TPSA) is 68.8 Å². The van der Waals surface area contributed by atoms with Crippen LogP contribution >= 0.6 is 0 Å². The van der Waals surface area contributed by atoms with Gasteiger partial charge in [0, 0.05) is 18.7 Å². The molecule has 0 fully saturated rings. The largest absolute Gasteiger partial charge is 0.490 e. The summed E-state index contributed by atoms with van der Waals surface area (Å²) in [4.78, 5) is 12.2. The van der Waals surface area contributed by atoms with Gasteiger partial charge in [0.2, 0.25) is 5.75 Å². The minimum absolute atomic E-state index is 0.166. The van der Waals surface area contributed by atoms with Crippen LogP contribution in [0.3, 0.4) is 0 Å². The highest BCUT2D eigenvalue weighted by atomic mass is 16.5. The molecule has 0 bridgehead atoms. The van der Waals surface area contributed by atoms with E-state index < -0.39 is 0 Å². The third-order valence-electron chi connectivity index (χ3n) is 2.83. The summed E-state index contributed by atoms with van der Waals surface area (Å²) in [6, 6.07) is 3.37. The van der Waals surface area contributed by atoms with Crippen LogP contribution in [0.2, 0.25) is 0 Å². The van der Waals surface area contributed by atoms with E-state index in [0.29, 0.717) is 55.7 Å². The summed E-state index contributed by atoms with van der Waals surface area (Å²) in [5.41, 5.74) is 0.492. The van der Waals surface area contributed by atoms with E-state index in [2.05, 4.69) is 10.6 Å². The number of rotatable bonds is 10. The number of hydrogen-bond donors (Lipinski definition) is 2. The third-order valence-corrected chi connectivity index (χ3v) is 2.83. The minimum atomic E-state index is -0.166. The molecule has 0 aromatic heterocycles. The number of likely N-dealkylation sites (N-methyl/N-ethyl adjacent to an activating group) is 1. The van der Waals surface area contributed by atoms with E-state index in [1.54, 1.807) is 12.1 Å². The van der Waals surface area contributed by atoms with Crippen LogP contribution in [0.4, 0.5) is 0 Å². The van der Waals surface area contributed by atoms with Crippen LogP contribution in [0, 0.1) is 0 Å². The number of carbonyl (C=O) groups excluding carboxylic acids is 1. The molecule has 0 aliphatic carbocycles. The first kappa shape index (κ1) is 18.1. The van der Waals surface area contributed by atoms with Gasteiger partial charge in [-0.2, -0.15) is 0 Å². The van der Waals surface area contributed by atoms with Crippen LogP contribution in [0.1, 0.15) is 31.1 Å². The van der Waals surface area contributed by atoms with Gasteiger partial charge in [-0.25, -0.2) is 0 Å². The molecule has 1 amide bonds. The van der Waals surface area contributed by atoms with Gasteiger partial charge in [0.05, 0.1) is 19.8 Å². The maximum absolute atomic E-state index is 12.2. The summed E-state index contributed by atoms with van der Waals surface area (Å²) < 4.78 is 16.8. The van der Waals surface area contributed by atoms with Gasteiger partial charge in [-0.3, -0.25) is 4.79 Å². The fourth-order valence-corrected chi connectivity index (χ4v) is 1.92. The molecule has 6 nitrogen and oxygen atoms in total. The van der Waals surface area contributed by atoms with Gasteiger partial charge in [-0.05, 0) is 40.0 Å². The quantitative estimate of drug-likeness (QED) is 0.645. The number of hydrogen-bond acceptors (Lipinski definition) is 5. The lowest BCUT2D eigenvalue weighted by atomic mass is 10.1. The molecule has 1 aromatic rings. The Hall–Kier alpha value is -1.95. The fraction of sp³-hybridized carbons (Fsp3) is 0.562. The SMILES string of the molecule is CCOc1cc(C(=O)NCCNC)cc(OCC)c1OCC. The molecular formula is C16H26N2O4. The Bertz CT molecular complexity index is 450. The van der Waals surface area contributed by atoms with Gasteiger partial charge in [-0.15, -0.1) is 0 Å². The number of carbonyl (C=O) groups is 1. The second-order valence-electron chi connectivity index (χ2n) is 4.46. The molecule has 22 heavy (non-hydrogen) atoms. The molecule has 1 aromatic carbocycles. The average molecular weight is 310 g/mol. The van der Waals surface area contributed by atoms with E-state index in [0.717, 1.165) is 0 Å². The first-order valence-electron chi connectivity index (χ1n) is 7.67. The van der Waals surface area contributed by atoms with Gasteiger partial charge in [0.25, 0.3) is 5.91 Å². The lowest BCUT2D eigenvalue weighted by Crippen LogP contribution is -2.30. The van der Waals surface area contributed by atoms with Gasteiger partial charge >= 0.3 is 0 Å². The van der Waals surface area contributed by atoms with Crippen molar-refractivity contribution in [3.05, 3.63) is 17.7 Å². The summed E-state index contributed by atoms with van der Waals surface area (Å²) in [5.74, 6) is 1.42. The molecule has 0 atom stereocenters. The van der Waals surface area contributed by atoms with Gasteiger partial charge in [-0.1, -0.05) is 0 Å². The summed E-state index contributed by atoms with van der Waals surface area (Å²) >= 11 is 0. The Kier molecular flexibility index (Phi) is 8.14. The van der Waals surface area contributed by atoms with Crippen LogP contribution in [-0.2, 0) is 0 Å². The monoisotopic (exact) mass is 310 g/mol. The number of benzene rings is 1. The highest BCUT2D eigenvalue weighted by Gasteiger charge is 2.18. The van der Waals surface area contributed by atoms with Crippen LogP contribution in [0.5, 0.6) is 17.2 Å². The third kappa shape index (κ3) is 5.11. The van der Waals surface area contributed by atoms with Crippen molar-refractivity contribution >= 4 is 5.91 Å². The Morgan fingerprint density at radius 2 is 1.50 bits per heavy atom. The van der Waals surface area contributed by atoms with Crippen molar-refractivity contribution in [2.24, 2.45) is 0 Å². The molecule has 0 radical (unpaired) electrons. The van der Waals surface area contributed by atoms with E-state index in [4.69, 9.17) is 14.2 Å². The Morgan fingerprint density at radius 1 is 0.955 bits per heavy atom. The molecule has 0 heterocycles. The zero-order valence-electron chi connectivity index (χ0n) is 13.8. The second kappa shape index (κ2) is 9.89. The van der Waals surface area contributed by atoms with E-state index in [1.165, 1.54) is 0 Å². The highest BCUT2D eigenvalue weighted by molar-refractivity contribution is 5.95. The highest BCUT2D eigenvalue weighted by Crippen LogP contribution is 2.39. The maximum Gasteiger partial charge on any atom is 0.251 e. The van der Waals surface area contributed by atoms with E-state index in [1.807, 2.05) is 27.8 Å². The number of nitrogens with one attached hydrogen (secondary N) is 2. The van der Waals surface area contributed by atoms with Gasteiger partial charge < -0.3 is 24.8 Å². The first-order chi connectivity index (χ1) is 10.7. The molecular weight excluding hydrogens is 284 g/mol. The lowest BCUT2D eigenvalue weighted by molar-refractivity contribution is 0.0953. The predicted molar refractivity (Wildman–Crippen MR) is 86.2 cm³/mol. The Labute approximate surface area is 132 Å². The zero-order chi connectivity index (χ0) is 16.4. The standard InChI is InChI=1S/C16H26N2O4/c1-5-20-13-10-12(16(19)18-9-8-17-4)11-14(21-6-2)15(13)22-7-3/h10-11,17H,5-9H2,1-4H3,(H,18,19). The molecule has 0 aliphatic rings. The van der Waals surface area contributed by atoms with Crippen molar-refractivity contribution in [2.75, 3.05) is 40.0 Å². The Balaban J connectivity index is 3.09. The van der Waals surface area contributed by atoms with E-state index in [9.17, 15) is 4.79 Å². The average Bonchev–Trinajstić information content (AvgIpc) is 2.50. The van der Waals surface area contributed by atoms with Crippen molar-refractivity contribution in [3.8, 4) is 17.2 Å². The van der Waals surface area contributed by atoms with E-state index >= 15 is 0 Å². The van der Waals surface area contributed by atoms with Crippen molar-refractivity contribution in [1.29, 1.82) is 0 Å². The molecule has 1 rings (SSSR count). The van der Waals surface area contributed by atoms with Crippen molar-refractivity contribution in [3.63, 3.8) is 0 Å². The zero-order valence-corrected chi connectivity index (χ0v) is 13.8. The van der Waals surface area contributed by atoms with Crippen molar-refractivity contribution < 1.29 is 19.0 Å². The van der Waals surface area contributed by atoms with Crippen LogP contribution < -0.4 is 24.8 Å². The fourth-order valence-electron chi connectivity index (χ4n) is 1.92. The summed E-state index contributed by atoms with van der Waals surface area (Å²) in [6.07, 6.45) is 0. The summed E-state index contributed by atoms with van der Waals surface area (Å²) in [5, 5.41) is 5.82. The van der Waals surface area contributed by atoms with Crippen molar-refractivity contribution in [1.82, 2.24) is 10.6 Å². The van der Waals surface area contributed by atoms with Crippen LogP contribution in [0.25, 0.3) is 0 Å². The number of amides is 1. The Morgan fingerprint density at radius 3 is 1.95 bits per heavy atom. The molecule has 2 N–H and O–H groups in total. The van der Waals surface area contributed by atoms with Gasteiger partial charge in [0.1, 0.15) is 0 Å². The molecule has 0 saturated carbocycles. The second-order valence-corrected chi connectivity index (χ2v) is 4.46. The summed E-state index contributed by atoms with van der Waals surface area (Å²) in [6.45, 7) is 8.38. The first-order valence-corrected chi connectivity index (χ1v) is 7.67. The van der Waals surface area contributed by atoms with Crippen molar-refractivity contribution in [2.45, 2.75) is 20.8 Å². The van der Waals surface area contributed by atoms with Crippen LogP contribution in [0.15, 0.2) is 12.1 Å². The smallest absolute Gasteiger partial charge is 0.251 e. The molecule has 6 heteroatoms. The maximum atomic E-state index is 12.2. The molecule has 124 valence electrons. The molecule has 0 spiro atoms. The van der Waals surface area contributed by atoms with Crippen LogP contribution in [-0.4, -0.2) is 45.9 Å². The molecule has 0 aliphatic heterocycles. The normalized spacial score (nSPS) is 10.2. The van der Waals surface area contributed by atoms with Gasteiger partial charge in [0.15, 0.2) is 11.5 Å². The summed E-state index contributed by atoms with van der Waals surface area (Å²) in [7, 11) is 1.84.